The van der Waals surface area contributed by atoms with Crippen molar-refractivity contribution in [1.29, 1.82) is 0 Å². The van der Waals surface area contributed by atoms with E-state index in [-0.39, 0.29) is 12.6 Å². The van der Waals surface area contributed by atoms with Gasteiger partial charge in [-0.25, -0.2) is 0 Å². The minimum Gasteiger partial charge on any atom is -0.468 e. The largest absolute Gasteiger partial charge is 0.468 e. The van der Waals surface area contributed by atoms with E-state index in [1.807, 2.05) is 62.4 Å². The number of rotatable bonds is 7. The molecule has 0 heterocycles. The van der Waals surface area contributed by atoms with Crippen LogP contribution in [0.3, 0.4) is 0 Å². The molecule has 4 heteroatoms. The number of methoxy groups -OCH3 is 1. The molecular weight excluding hydrogens is 398 g/mol. The molecule has 1 aliphatic rings. The lowest BCUT2D eigenvalue weighted by molar-refractivity contribution is -0.146. The van der Waals surface area contributed by atoms with Gasteiger partial charge in [-0.15, -0.1) is 0 Å². The van der Waals surface area contributed by atoms with Crippen LogP contribution in [0, 0.1) is 5.41 Å². The van der Waals surface area contributed by atoms with Gasteiger partial charge < -0.3 is 9.84 Å². The molecule has 0 aromatic heterocycles. The molecule has 4 nitrogen and oxygen atoms in total. The first-order valence-corrected chi connectivity index (χ1v) is 10.8. The Morgan fingerprint density at radius 1 is 0.969 bits per heavy atom. The second-order valence-corrected chi connectivity index (χ2v) is 8.71. The van der Waals surface area contributed by atoms with Gasteiger partial charge in [0, 0.05) is 5.41 Å². The van der Waals surface area contributed by atoms with E-state index in [0.29, 0.717) is 0 Å². The van der Waals surface area contributed by atoms with Crippen molar-refractivity contribution in [3.05, 3.63) is 108 Å². The topological polar surface area (TPSA) is 58.6 Å². The van der Waals surface area contributed by atoms with Crippen molar-refractivity contribution in [1.82, 2.24) is 5.32 Å². The van der Waals surface area contributed by atoms with Crippen molar-refractivity contribution in [3.63, 3.8) is 0 Å². The molecule has 0 fully saturated rings. The minimum atomic E-state index is -0.738. The summed E-state index contributed by atoms with van der Waals surface area (Å²) in [6.45, 7) is 3.85. The van der Waals surface area contributed by atoms with Crippen LogP contribution in [-0.4, -0.2) is 30.8 Å². The van der Waals surface area contributed by atoms with Gasteiger partial charge in [-0.3, -0.25) is 10.1 Å². The van der Waals surface area contributed by atoms with Gasteiger partial charge in [0.2, 0.25) is 0 Å². The molecule has 0 unspecified atom stereocenters. The Morgan fingerprint density at radius 3 is 2.03 bits per heavy atom. The maximum Gasteiger partial charge on any atom is 0.323 e. The minimum absolute atomic E-state index is 0.0905. The summed E-state index contributed by atoms with van der Waals surface area (Å²) in [6, 6.07) is 26.2. The summed E-state index contributed by atoms with van der Waals surface area (Å²) >= 11 is 0. The van der Waals surface area contributed by atoms with Crippen LogP contribution in [0.4, 0.5) is 0 Å². The molecule has 2 N–H and O–H groups in total. The van der Waals surface area contributed by atoms with Gasteiger partial charge in [0.15, 0.2) is 0 Å². The molecule has 4 rings (SSSR count). The number of carbonyl (C=O) groups is 1. The van der Waals surface area contributed by atoms with Crippen LogP contribution >= 0.6 is 0 Å². The normalized spacial score (nSPS) is 15.2. The molecule has 1 atom stereocenters. The van der Waals surface area contributed by atoms with Crippen LogP contribution < -0.4 is 5.32 Å². The summed E-state index contributed by atoms with van der Waals surface area (Å²) in [4.78, 5) is 13.1. The third kappa shape index (κ3) is 3.56. The lowest BCUT2D eigenvalue weighted by Crippen LogP contribution is -2.57. The van der Waals surface area contributed by atoms with Crippen molar-refractivity contribution < 1.29 is 14.6 Å². The van der Waals surface area contributed by atoms with Gasteiger partial charge >= 0.3 is 5.97 Å². The molecule has 3 aromatic carbocycles. The SMILES string of the molecule is COC(=O)[C@H](NC1(c2ccccc2)c2ccccc2-c2ccccc21)C(C)(C)/C=C\CO. The van der Waals surface area contributed by atoms with E-state index in [1.54, 1.807) is 6.08 Å². The Morgan fingerprint density at radius 2 is 1.50 bits per heavy atom. The number of esters is 1. The summed E-state index contributed by atoms with van der Waals surface area (Å²) < 4.78 is 5.25. The van der Waals surface area contributed by atoms with Crippen molar-refractivity contribution >= 4 is 5.97 Å². The van der Waals surface area contributed by atoms with E-state index >= 15 is 0 Å². The second-order valence-electron chi connectivity index (χ2n) is 8.71. The molecule has 0 spiro atoms. The zero-order chi connectivity index (χ0) is 22.8. The van der Waals surface area contributed by atoms with Gasteiger partial charge in [-0.1, -0.05) is 105 Å². The van der Waals surface area contributed by atoms with Crippen molar-refractivity contribution in [3.8, 4) is 11.1 Å². The zero-order valence-electron chi connectivity index (χ0n) is 18.7. The van der Waals surface area contributed by atoms with E-state index in [4.69, 9.17) is 4.74 Å². The molecule has 0 saturated heterocycles. The molecule has 164 valence electrons. The summed E-state index contributed by atoms with van der Waals surface area (Å²) in [7, 11) is 1.41. The fraction of sp³-hybridized carbons (Fsp3) is 0.250. The van der Waals surface area contributed by atoms with Gasteiger partial charge in [0.1, 0.15) is 6.04 Å². The van der Waals surface area contributed by atoms with E-state index in [1.165, 1.54) is 7.11 Å². The molecule has 0 amide bonds. The Balaban J connectivity index is 1.99. The lowest BCUT2D eigenvalue weighted by Gasteiger charge is -2.41. The number of hydrogen-bond donors (Lipinski definition) is 2. The van der Waals surface area contributed by atoms with E-state index in [0.717, 1.165) is 27.8 Å². The molecule has 0 saturated carbocycles. The lowest BCUT2D eigenvalue weighted by atomic mass is 9.76. The molecule has 0 aliphatic heterocycles. The van der Waals surface area contributed by atoms with Crippen molar-refractivity contribution in [2.24, 2.45) is 5.41 Å². The second kappa shape index (κ2) is 8.73. The first-order chi connectivity index (χ1) is 15.5. The number of aliphatic hydroxyl groups is 1. The van der Waals surface area contributed by atoms with Crippen molar-refractivity contribution in [2.75, 3.05) is 13.7 Å². The number of benzene rings is 3. The maximum atomic E-state index is 13.1. The Kier molecular flexibility index (Phi) is 6.00. The third-order valence-corrected chi connectivity index (χ3v) is 6.35. The highest BCUT2D eigenvalue weighted by Crippen LogP contribution is 2.51. The van der Waals surface area contributed by atoms with Crippen LogP contribution in [0.5, 0.6) is 0 Å². The molecule has 0 bridgehead atoms. The molecular formula is C28H29NO3. The molecule has 3 aromatic rings. The third-order valence-electron chi connectivity index (χ3n) is 6.35. The molecule has 0 radical (unpaired) electrons. The zero-order valence-corrected chi connectivity index (χ0v) is 18.7. The van der Waals surface area contributed by atoms with Crippen molar-refractivity contribution in [2.45, 2.75) is 25.4 Å². The van der Waals surface area contributed by atoms with Gasteiger partial charge in [-0.05, 0) is 27.8 Å². The fourth-order valence-corrected chi connectivity index (χ4v) is 4.81. The smallest absolute Gasteiger partial charge is 0.323 e. The predicted octanol–water partition coefficient (Wildman–Crippen LogP) is 4.66. The molecule has 32 heavy (non-hydrogen) atoms. The number of carbonyl (C=O) groups excluding carboxylic acids is 1. The van der Waals surface area contributed by atoms with Crippen LogP contribution in [0.1, 0.15) is 30.5 Å². The van der Waals surface area contributed by atoms with Gasteiger partial charge in [0.05, 0.1) is 19.3 Å². The molecule has 1 aliphatic carbocycles. The van der Waals surface area contributed by atoms with Gasteiger partial charge in [-0.2, -0.15) is 0 Å². The van der Waals surface area contributed by atoms with E-state index < -0.39 is 17.0 Å². The Hall–Kier alpha value is -3.21. The summed E-state index contributed by atoms with van der Waals surface area (Å²) in [5.41, 5.74) is 4.18. The fourth-order valence-electron chi connectivity index (χ4n) is 4.81. The average Bonchev–Trinajstić information content (AvgIpc) is 3.12. The average molecular weight is 428 g/mol. The maximum absolute atomic E-state index is 13.1. The summed E-state index contributed by atoms with van der Waals surface area (Å²) in [6.07, 6.45) is 3.54. The summed E-state index contributed by atoms with van der Waals surface area (Å²) in [5.74, 6) is -0.352. The Bertz CT molecular complexity index is 1090. The quantitative estimate of drug-likeness (QED) is 0.425. The summed E-state index contributed by atoms with van der Waals surface area (Å²) in [5, 5.41) is 13.1. The monoisotopic (exact) mass is 427 g/mol. The van der Waals surface area contributed by atoms with Crippen LogP contribution in [0.2, 0.25) is 0 Å². The number of fused-ring (bicyclic) bond motifs is 3. The van der Waals surface area contributed by atoms with Crippen LogP contribution in [0.25, 0.3) is 11.1 Å². The highest BCUT2D eigenvalue weighted by atomic mass is 16.5. The first-order valence-electron chi connectivity index (χ1n) is 10.8. The number of nitrogens with one attached hydrogen (secondary N) is 1. The highest BCUT2D eigenvalue weighted by Gasteiger charge is 2.49. The highest BCUT2D eigenvalue weighted by molar-refractivity contribution is 5.84. The number of aliphatic hydroxyl groups excluding tert-OH is 1. The van der Waals surface area contributed by atoms with Crippen LogP contribution in [0.15, 0.2) is 91.0 Å². The van der Waals surface area contributed by atoms with Gasteiger partial charge in [0.25, 0.3) is 0 Å². The Labute approximate surface area is 189 Å². The standard InChI is InChI=1S/C28H29NO3/c1-27(2,18-11-19-30)25(26(31)32-3)29-28(20-12-5-4-6-13-20)23-16-9-7-14-21(23)22-15-8-10-17-24(22)28/h4-18,25,29-30H,19H2,1-3H3/b18-11-/t25-/m0/s1. The number of ether oxygens (including phenoxy) is 1. The predicted molar refractivity (Wildman–Crippen MR) is 127 cm³/mol. The van der Waals surface area contributed by atoms with Crippen LogP contribution in [-0.2, 0) is 15.1 Å². The first kappa shape index (κ1) is 22.0. The van der Waals surface area contributed by atoms with E-state index in [9.17, 15) is 9.90 Å². The van der Waals surface area contributed by atoms with E-state index in [2.05, 4.69) is 41.7 Å². The number of hydrogen-bond acceptors (Lipinski definition) is 4.